The van der Waals surface area contributed by atoms with Crippen LogP contribution >= 0.6 is 0 Å². The van der Waals surface area contributed by atoms with Crippen molar-refractivity contribution in [1.29, 1.82) is 0 Å². The Bertz CT molecular complexity index is 949. The van der Waals surface area contributed by atoms with Crippen molar-refractivity contribution in [3.05, 3.63) is 52.0 Å². The zero-order chi connectivity index (χ0) is 19.8. The molecule has 1 fully saturated rings. The first kappa shape index (κ1) is 19.8. The molecule has 0 atom stereocenters. The van der Waals surface area contributed by atoms with Gasteiger partial charge in [-0.1, -0.05) is 23.8 Å². The van der Waals surface area contributed by atoms with E-state index in [9.17, 15) is 8.42 Å². The minimum atomic E-state index is -3.14. The van der Waals surface area contributed by atoms with E-state index in [4.69, 9.17) is 4.98 Å². The van der Waals surface area contributed by atoms with Gasteiger partial charge in [-0.05, 0) is 38.8 Å². The molecule has 1 aliphatic heterocycles. The Hall–Kier alpha value is -1.99. The van der Waals surface area contributed by atoms with Crippen LogP contribution in [0.25, 0.3) is 0 Å². The standard InChI is InChI=1S/C20H28N4O2S/c1-14-6-7-15(2)18(12-14)13-19-16(3)21-17(4)22-20(19)23-8-10-24(11-9-23)27(5,25)26/h6-7,12H,8-11,13H2,1-5H3. The molecule has 0 spiro atoms. The molecular formula is C20H28N4O2S. The Labute approximate surface area is 162 Å². The van der Waals surface area contributed by atoms with Crippen molar-refractivity contribution in [2.75, 3.05) is 37.3 Å². The summed E-state index contributed by atoms with van der Waals surface area (Å²) < 4.78 is 25.1. The van der Waals surface area contributed by atoms with Crippen LogP contribution in [0, 0.1) is 27.7 Å². The average Bonchev–Trinajstić information content (AvgIpc) is 2.59. The average molecular weight is 389 g/mol. The quantitative estimate of drug-likeness (QED) is 0.805. The number of anilines is 1. The molecule has 2 aromatic rings. The van der Waals surface area contributed by atoms with E-state index >= 15 is 0 Å². The van der Waals surface area contributed by atoms with E-state index < -0.39 is 10.0 Å². The summed E-state index contributed by atoms with van der Waals surface area (Å²) in [6.07, 6.45) is 2.05. The minimum absolute atomic E-state index is 0.490. The molecule has 2 heterocycles. The van der Waals surface area contributed by atoms with Gasteiger partial charge in [0.1, 0.15) is 11.6 Å². The number of nitrogens with zero attached hydrogens (tertiary/aromatic N) is 4. The van der Waals surface area contributed by atoms with Crippen molar-refractivity contribution in [2.45, 2.75) is 34.1 Å². The Morgan fingerprint density at radius 2 is 1.67 bits per heavy atom. The van der Waals surface area contributed by atoms with Gasteiger partial charge in [-0.3, -0.25) is 0 Å². The summed E-state index contributed by atoms with van der Waals surface area (Å²) in [6.45, 7) is 10.4. The summed E-state index contributed by atoms with van der Waals surface area (Å²) >= 11 is 0. The molecule has 3 rings (SSSR count). The van der Waals surface area contributed by atoms with Crippen LogP contribution in [-0.4, -0.2) is 55.1 Å². The Balaban J connectivity index is 1.93. The molecule has 0 amide bonds. The summed E-state index contributed by atoms with van der Waals surface area (Å²) in [4.78, 5) is 11.5. The zero-order valence-corrected chi connectivity index (χ0v) is 17.6. The fraction of sp³-hybridized carbons (Fsp3) is 0.500. The van der Waals surface area contributed by atoms with Crippen molar-refractivity contribution >= 4 is 15.8 Å². The number of hydrogen-bond acceptors (Lipinski definition) is 5. The molecule has 0 radical (unpaired) electrons. The molecule has 0 saturated carbocycles. The third-order valence-corrected chi connectivity index (χ3v) is 6.49. The van der Waals surface area contributed by atoms with Crippen LogP contribution in [-0.2, 0) is 16.4 Å². The first-order chi connectivity index (χ1) is 12.6. The van der Waals surface area contributed by atoms with Gasteiger partial charge >= 0.3 is 0 Å². The second kappa shape index (κ2) is 7.56. The van der Waals surface area contributed by atoms with Crippen LogP contribution in [0.2, 0.25) is 0 Å². The molecule has 146 valence electrons. The van der Waals surface area contributed by atoms with Crippen molar-refractivity contribution < 1.29 is 8.42 Å². The van der Waals surface area contributed by atoms with Gasteiger partial charge in [0.15, 0.2) is 0 Å². The highest BCUT2D eigenvalue weighted by molar-refractivity contribution is 7.88. The van der Waals surface area contributed by atoms with Gasteiger partial charge in [0.05, 0.1) is 6.26 Å². The smallest absolute Gasteiger partial charge is 0.211 e. The molecule has 0 unspecified atom stereocenters. The summed E-state index contributed by atoms with van der Waals surface area (Å²) in [5.74, 6) is 1.69. The summed E-state index contributed by atoms with van der Waals surface area (Å²) in [7, 11) is -3.14. The Morgan fingerprint density at radius 1 is 1.00 bits per heavy atom. The highest BCUT2D eigenvalue weighted by Crippen LogP contribution is 2.26. The highest BCUT2D eigenvalue weighted by atomic mass is 32.2. The molecule has 0 aliphatic carbocycles. The molecule has 1 saturated heterocycles. The van der Waals surface area contributed by atoms with Crippen LogP contribution in [0.15, 0.2) is 18.2 Å². The van der Waals surface area contributed by atoms with Crippen LogP contribution in [0.3, 0.4) is 0 Å². The maximum atomic E-state index is 11.8. The van der Waals surface area contributed by atoms with Gasteiger partial charge < -0.3 is 4.90 Å². The Kier molecular flexibility index (Phi) is 5.53. The second-order valence-corrected chi connectivity index (χ2v) is 9.40. The van der Waals surface area contributed by atoms with Crippen LogP contribution < -0.4 is 4.90 Å². The van der Waals surface area contributed by atoms with Crippen LogP contribution in [0.5, 0.6) is 0 Å². The number of rotatable bonds is 4. The van der Waals surface area contributed by atoms with Crippen molar-refractivity contribution in [3.63, 3.8) is 0 Å². The van der Waals surface area contributed by atoms with Gasteiger partial charge in [-0.25, -0.2) is 18.4 Å². The summed E-state index contributed by atoms with van der Waals surface area (Å²) in [5, 5.41) is 0. The molecule has 1 aromatic heterocycles. The maximum Gasteiger partial charge on any atom is 0.211 e. The van der Waals surface area contributed by atoms with Crippen LogP contribution in [0.4, 0.5) is 5.82 Å². The lowest BCUT2D eigenvalue weighted by Gasteiger charge is -2.35. The monoisotopic (exact) mass is 388 g/mol. The zero-order valence-electron chi connectivity index (χ0n) is 16.8. The summed E-state index contributed by atoms with van der Waals surface area (Å²) in [5.41, 5.74) is 5.89. The molecule has 7 heteroatoms. The second-order valence-electron chi connectivity index (χ2n) is 7.41. The van der Waals surface area contributed by atoms with E-state index in [0.29, 0.717) is 26.2 Å². The lowest BCUT2D eigenvalue weighted by atomic mass is 9.97. The van der Waals surface area contributed by atoms with Crippen molar-refractivity contribution in [1.82, 2.24) is 14.3 Å². The normalized spacial score (nSPS) is 16.0. The minimum Gasteiger partial charge on any atom is -0.354 e. The first-order valence-electron chi connectivity index (χ1n) is 9.25. The van der Waals surface area contributed by atoms with E-state index in [1.807, 2.05) is 13.8 Å². The molecule has 1 aliphatic rings. The van der Waals surface area contributed by atoms with E-state index in [-0.39, 0.29) is 0 Å². The number of sulfonamides is 1. The van der Waals surface area contributed by atoms with Gasteiger partial charge in [-0.15, -0.1) is 0 Å². The van der Waals surface area contributed by atoms with Crippen molar-refractivity contribution in [2.24, 2.45) is 0 Å². The lowest BCUT2D eigenvalue weighted by Crippen LogP contribution is -2.49. The van der Waals surface area contributed by atoms with E-state index in [0.717, 1.165) is 29.3 Å². The van der Waals surface area contributed by atoms with E-state index in [1.165, 1.54) is 27.3 Å². The highest BCUT2D eigenvalue weighted by Gasteiger charge is 2.26. The van der Waals surface area contributed by atoms with Gasteiger partial charge in [0, 0.05) is 43.9 Å². The van der Waals surface area contributed by atoms with Gasteiger partial charge in [0.2, 0.25) is 10.0 Å². The van der Waals surface area contributed by atoms with E-state index in [1.54, 1.807) is 0 Å². The number of hydrogen-bond donors (Lipinski definition) is 0. The third-order valence-electron chi connectivity index (χ3n) is 5.18. The number of aromatic nitrogens is 2. The first-order valence-corrected chi connectivity index (χ1v) is 11.1. The Morgan fingerprint density at radius 3 is 2.30 bits per heavy atom. The molecule has 6 nitrogen and oxygen atoms in total. The number of aryl methyl sites for hydroxylation is 4. The van der Waals surface area contributed by atoms with Crippen molar-refractivity contribution in [3.8, 4) is 0 Å². The third kappa shape index (κ3) is 4.47. The molecule has 27 heavy (non-hydrogen) atoms. The van der Waals surface area contributed by atoms with E-state index in [2.05, 4.69) is 41.9 Å². The SMILES string of the molecule is Cc1ccc(C)c(Cc2c(C)nc(C)nc2N2CCN(S(C)(=O)=O)CC2)c1. The maximum absolute atomic E-state index is 11.8. The molecule has 1 aromatic carbocycles. The fourth-order valence-electron chi connectivity index (χ4n) is 3.60. The van der Waals surface area contributed by atoms with Gasteiger partial charge in [0.25, 0.3) is 0 Å². The summed E-state index contributed by atoms with van der Waals surface area (Å²) in [6, 6.07) is 6.50. The predicted octanol–water partition coefficient (Wildman–Crippen LogP) is 2.38. The number of benzene rings is 1. The van der Waals surface area contributed by atoms with Crippen LogP contribution in [0.1, 0.15) is 33.8 Å². The molecule has 0 N–H and O–H groups in total. The topological polar surface area (TPSA) is 66.4 Å². The fourth-order valence-corrected chi connectivity index (χ4v) is 4.43. The largest absolute Gasteiger partial charge is 0.354 e. The lowest BCUT2D eigenvalue weighted by molar-refractivity contribution is 0.386. The number of piperazine rings is 1. The molecule has 0 bridgehead atoms. The van der Waals surface area contributed by atoms with Gasteiger partial charge in [-0.2, -0.15) is 4.31 Å². The molecular weight excluding hydrogens is 360 g/mol. The predicted molar refractivity (Wildman–Crippen MR) is 109 cm³/mol.